The summed E-state index contributed by atoms with van der Waals surface area (Å²) in [6.07, 6.45) is 0.824. The van der Waals surface area contributed by atoms with Crippen LogP contribution in [0.5, 0.6) is 0 Å². The van der Waals surface area contributed by atoms with Gasteiger partial charge in [-0.2, -0.15) is 0 Å². The SMILES string of the molecule is CN=C(NCCc1cccc(C(=O)NC)c1)NCc1cccs1. The zero-order chi connectivity index (χ0) is 16.5. The highest BCUT2D eigenvalue weighted by molar-refractivity contribution is 7.09. The van der Waals surface area contributed by atoms with Gasteiger partial charge in [0.05, 0.1) is 6.54 Å². The van der Waals surface area contributed by atoms with Gasteiger partial charge in [0, 0.05) is 31.1 Å². The number of carbonyl (C=O) groups excluding carboxylic acids is 1. The van der Waals surface area contributed by atoms with Crippen molar-refractivity contribution in [3.63, 3.8) is 0 Å². The van der Waals surface area contributed by atoms with Crippen molar-refractivity contribution in [2.75, 3.05) is 20.6 Å². The summed E-state index contributed by atoms with van der Waals surface area (Å²) in [6.45, 7) is 1.52. The smallest absolute Gasteiger partial charge is 0.251 e. The van der Waals surface area contributed by atoms with E-state index in [1.54, 1.807) is 25.4 Å². The molecule has 1 aromatic heterocycles. The number of benzene rings is 1. The van der Waals surface area contributed by atoms with Crippen LogP contribution in [0.4, 0.5) is 0 Å². The fraction of sp³-hybridized carbons (Fsp3) is 0.294. The Hall–Kier alpha value is -2.34. The number of hydrogen-bond donors (Lipinski definition) is 3. The van der Waals surface area contributed by atoms with E-state index in [0.717, 1.165) is 31.0 Å². The molecule has 23 heavy (non-hydrogen) atoms. The van der Waals surface area contributed by atoms with E-state index in [9.17, 15) is 4.79 Å². The number of carbonyl (C=O) groups is 1. The number of nitrogens with one attached hydrogen (secondary N) is 3. The number of amides is 1. The Morgan fingerprint density at radius 3 is 2.78 bits per heavy atom. The van der Waals surface area contributed by atoms with E-state index < -0.39 is 0 Å². The van der Waals surface area contributed by atoms with Gasteiger partial charge in [0.15, 0.2) is 5.96 Å². The molecule has 0 atom stereocenters. The molecule has 1 amide bonds. The molecule has 6 heteroatoms. The molecule has 5 nitrogen and oxygen atoms in total. The van der Waals surface area contributed by atoms with Crippen molar-refractivity contribution >= 4 is 23.2 Å². The van der Waals surface area contributed by atoms with E-state index in [4.69, 9.17) is 0 Å². The summed E-state index contributed by atoms with van der Waals surface area (Å²) in [5.41, 5.74) is 1.80. The monoisotopic (exact) mass is 330 g/mol. The van der Waals surface area contributed by atoms with Crippen LogP contribution < -0.4 is 16.0 Å². The van der Waals surface area contributed by atoms with Crippen molar-refractivity contribution in [1.82, 2.24) is 16.0 Å². The van der Waals surface area contributed by atoms with E-state index in [1.165, 1.54) is 4.88 Å². The Kier molecular flexibility index (Phi) is 6.62. The summed E-state index contributed by atoms with van der Waals surface area (Å²) in [7, 11) is 3.40. The molecule has 2 rings (SSSR count). The van der Waals surface area contributed by atoms with E-state index in [1.807, 2.05) is 30.3 Å². The first-order valence-electron chi connectivity index (χ1n) is 7.51. The fourth-order valence-corrected chi connectivity index (χ4v) is 2.79. The van der Waals surface area contributed by atoms with Crippen molar-refractivity contribution in [3.8, 4) is 0 Å². The third-order valence-electron chi connectivity index (χ3n) is 3.36. The van der Waals surface area contributed by atoms with Gasteiger partial charge in [-0.15, -0.1) is 11.3 Å². The Balaban J connectivity index is 1.80. The zero-order valence-corrected chi connectivity index (χ0v) is 14.2. The summed E-state index contributed by atoms with van der Waals surface area (Å²) in [5.74, 6) is 0.717. The quantitative estimate of drug-likeness (QED) is 0.561. The van der Waals surface area contributed by atoms with Crippen LogP contribution in [0.3, 0.4) is 0 Å². The lowest BCUT2D eigenvalue weighted by Crippen LogP contribution is -2.37. The van der Waals surface area contributed by atoms with Crippen LogP contribution in [0.25, 0.3) is 0 Å². The van der Waals surface area contributed by atoms with Crippen LogP contribution in [0.15, 0.2) is 46.8 Å². The number of rotatable bonds is 6. The highest BCUT2D eigenvalue weighted by Gasteiger charge is 2.04. The molecule has 2 aromatic rings. The number of thiophene rings is 1. The zero-order valence-electron chi connectivity index (χ0n) is 13.4. The number of hydrogen-bond acceptors (Lipinski definition) is 3. The molecule has 0 saturated carbocycles. The van der Waals surface area contributed by atoms with Gasteiger partial charge in [-0.25, -0.2) is 0 Å². The molecular weight excluding hydrogens is 308 g/mol. The minimum Gasteiger partial charge on any atom is -0.356 e. The molecule has 1 heterocycles. The molecule has 0 fully saturated rings. The lowest BCUT2D eigenvalue weighted by atomic mass is 10.1. The molecule has 0 aliphatic heterocycles. The van der Waals surface area contributed by atoms with Gasteiger partial charge in [-0.05, 0) is 35.6 Å². The van der Waals surface area contributed by atoms with Gasteiger partial charge in [-0.1, -0.05) is 18.2 Å². The third kappa shape index (κ3) is 5.41. The summed E-state index contributed by atoms with van der Waals surface area (Å²) in [4.78, 5) is 17.1. The standard InChI is InChI=1S/C17H22N4OS/c1-18-16(22)14-6-3-5-13(11-14)8-9-20-17(19-2)21-12-15-7-4-10-23-15/h3-7,10-11H,8-9,12H2,1-2H3,(H,18,22)(H2,19,20,21). The first-order valence-corrected chi connectivity index (χ1v) is 8.39. The number of aliphatic imine (C=N–C) groups is 1. The van der Waals surface area contributed by atoms with Gasteiger partial charge in [0.1, 0.15) is 0 Å². The maximum Gasteiger partial charge on any atom is 0.251 e. The fourth-order valence-electron chi connectivity index (χ4n) is 2.14. The molecule has 0 bridgehead atoms. The van der Waals surface area contributed by atoms with Crippen LogP contribution in [-0.2, 0) is 13.0 Å². The topological polar surface area (TPSA) is 65.5 Å². The van der Waals surface area contributed by atoms with Crippen LogP contribution in [0.2, 0.25) is 0 Å². The van der Waals surface area contributed by atoms with E-state index in [0.29, 0.717) is 5.56 Å². The van der Waals surface area contributed by atoms with Crippen LogP contribution in [0.1, 0.15) is 20.8 Å². The van der Waals surface area contributed by atoms with Crippen molar-refractivity contribution < 1.29 is 4.79 Å². The first kappa shape index (κ1) is 17.0. The summed E-state index contributed by atoms with van der Waals surface area (Å²) >= 11 is 1.72. The summed E-state index contributed by atoms with van der Waals surface area (Å²) in [5, 5.41) is 11.3. The predicted octanol–water partition coefficient (Wildman–Crippen LogP) is 2.02. The molecule has 122 valence electrons. The molecule has 3 N–H and O–H groups in total. The second-order valence-electron chi connectivity index (χ2n) is 4.96. The molecule has 0 radical (unpaired) electrons. The van der Waals surface area contributed by atoms with Crippen LogP contribution in [0, 0.1) is 0 Å². The predicted molar refractivity (Wildman–Crippen MR) is 96.1 cm³/mol. The Morgan fingerprint density at radius 2 is 2.09 bits per heavy atom. The summed E-state index contributed by atoms with van der Waals surface area (Å²) < 4.78 is 0. The van der Waals surface area contributed by atoms with Gasteiger partial charge in [0.25, 0.3) is 5.91 Å². The van der Waals surface area contributed by atoms with Crippen molar-refractivity contribution in [2.24, 2.45) is 4.99 Å². The van der Waals surface area contributed by atoms with Crippen molar-refractivity contribution in [3.05, 3.63) is 57.8 Å². The second-order valence-corrected chi connectivity index (χ2v) is 5.99. The molecule has 0 spiro atoms. The molecule has 0 aliphatic carbocycles. The molecule has 0 saturated heterocycles. The van der Waals surface area contributed by atoms with Crippen molar-refractivity contribution in [2.45, 2.75) is 13.0 Å². The van der Waals surface area contributed by atoms with Gasteiger partial charge >= 0.3 is 0 Å². The third-order valence-corrected chi connectivity index (χ3v) is 4.23. The minimum atomic E-state index is -0.0618. The van der Waals surface area contributed by atoms with Crippen LogP contribution >= 0.6 is 11.3 Å². The Bertz CT molecular complexity index is 652. The van der Waals surface area contributed by atoms with E-state index in [-0.39, 0.29) is 5.91 Å². The van der Waals surface area contributed by atoms with Gasteiger partial charge < -0.3 is 16.0 Å². The van der Waals surface area contributed by atoms with Crippen LogP contribution in [-0.4, -0.2) is 32.5 Å². The molecular formula is C17H22N4OS. The van der Waals surface area contributed by atoms with Crippen molar-refractivity contribution in [1.29, 1.82) is 0 Å². The highest BCUT2D eigenvalue weighted by Crippen LogP contribution is 2.07. The summed E-state index contributed by atoms with van der Waals surface area (Å²) in [6, 6.07) is 11.8. The number of guanidine groups is 1. The second kappa shape index (κ2) is 8.95. The van der Waals surface area contributed by atoms with E-state index >= 15 is 0 Å². The maximum absolute atomic E-state index is 11.6. The number of nitrogens with zero attached hydrogens (tertiary/aromatic N) is 1. The lowest BCUT2D eigenvalue weighted by molar-refractivity contribution is 0.0963. The average molecular weight is 330 g/mol. The normalized spacial score (nSPS) is 11.1. The maximum atomic E-state index is 11.6. The Morgan fingerprint density at radius 1 is 1.22 bits per heavy atom. The molecule has 0 unspecified atom stereocenters. The molecule has 0 aliphatic rings. The van der Waals surface area contributed by atoms with Gasteiger partial charge in [-0.3, -0.25) is 9.79 Å². The average Bonchev–Trinajstić information content (AvgIpc) is 3.11. The first-order chi connectivity index (χ1) is 11.2. The Labute approximate surface area is 140 Å². The largest absolute Gasteiger partial charge is 0.356 e. The van der Waals surface area contributed by atoms with Gasteiger partial charge in [0.2, 0.25) is 0 Å². The van der Waals surface area contributed by atoms with E-state index in [2.05, 4.69) is 32.4 Å². The highest BCUT2D eigenvalue weighted by atomic mass is 32.1. The molecule has 1 aromatic carbocycles. The lowest BCUT2D eigenvalue weighted by Gasteiger charge is -2.11. The minimum absolute atomic E-state index is 0.0618.